The smallest absolute Gasteiger partial charge is 0.306 e. The molecule has 2 heterocycles. The second-order valence-corrected chi connectivity index (χ2v) is 9.49. The zero-order valence-electron chi connectivity index (χ0n) is 15.9. The van der Waals surface area contributed by atoms with Crippen molar-refractivity contribution in [3.05, 3.63) is 36.2 Å². The van der Waals surface area contributed by atoms with Gasteiger partial charge >= 0.3 is 5.97 Å². The van der Waals surface area contributed by atoms with Crippen LogP contribution in [0.5, 0.6) is 0 Å². The van der Waals surface area contributed by atoms with E-state index in [0.29, 0.717) is 12.3 Å². The van der Waals surface area contributed by atoms with Gasteiger partial charge in [-0.25, -0.2) is 0 Å². The second-order valence-electron chi connectivity index (χ2n) is 9.49. The van der Waals surface area contributed by atoms with Crippen LogP contribution in [0.15, 0.2) is 30.6 Å². The average Bonchev–Trinajstić information content (AvgIpc) is 3.00. The Balaban J connectivity index is 1.45. The van der Waals surface area contributed by atoms with Crippen molar-refractivity contribution >= 4 is 11.5 Å². The van der Waals surface area contributed by atoms with Gasteiger partial charge in [0, 0.05) is 24.2 Å². The molecular weight excluding hydrogens is 322 g/mol. The van der Waals surface area contributed by atoms with Crippen LogP contribution in [0, 0.1) is 28.6 Å². The normalized spacial score (nSPS) is 44.4. The molecule has 0 unspecified atom stereocenters. The van der Waals surface area contributed by atoms with Gasteiger partial charge in [-0.3, -0.25) is 9.78 Å². The van der Waals surface area contributed by atoms with Gasteiger partial charge in [-0.1, -0.05) is 26.0 Å². The highest BCUT2D eigenvalue weighted by atomic mass is 16.5. The van der Waals surface area contributed by atoms with Crippen LogP contribution < -0.4 is 0 Å². The molecule has 26 heavy (non-hydrogen) atoms. The number of carbonyl (C=O) groups is 1. The first-order valence-corrected chi connectivity index (χ1v) is 10.3. The van der Waals surface area contributed by atoms with Crippen molar-refractivity contribution in [3.63, 3.8) is 0 Å². The Labute approximate surface area is 156 Å². The van der Waals surface area contributed by atoms with E-state index in [1.54, 1.807) is 0 Å². The van der Waals surface area contributed by atoms with E-state index in [4.69, 9.17) is 4.74 Å². The number of ether oxygens (including phenoxy) is 1. The van der Waals surface area contributed by atoms with Gasteiger partial charge in [-0.2, -0.15) is 0 Å². The van der Waals surface area contributed by atoms with Gasteiger partial charge in [0.15, 0.2) is 0 Å². The predicted octanol–water partition coefficient (Wildman–Crippen LogP) is 5.02. The number of fused-ring (bicyclic) bond motifs is 5. The summed E-state index contributed by atoms with van der Waals surface area (Å²) >= 11 is 0. The molecule has 1 saturated heterocycles. The number of esters is 1. The van der Waals surface area contributed by atoms with Crippen LogP contribution in [0.2, 0.25) is 0 Å². The van der Waals surface area contributed by atoms with Crippen LogP contribution in [0.3, 0.4) is 0 Å². The van der Waals surface area contributed by atoms with Crippen molar-refractivity contribution < 1.29 is 9.53 Å². The molecule has 3 nitrogen and oxygen atoms in total. The maximum Gasteiger partial charge on any atom is 0.306 e. The predicted molar refractivity (Wildman–Crippen MR) is 101 cm³/mol. The van der Waals surface area contributed by atoms with Crippen molar-refractivity contribution in [3.8, 4) is 0 Å². The Morgan fingerprint density at radius 3 is 2.85 bits per heavy atom. The second kappa shape index (κ2) is 5.68. The Bertz CT molecular complexity index is 757. The van der Waals surface area contributed by atoms with Gasteiger partial charge in [-0.15, -0.1) is 0 Å². The fourth-order valence-electron chi connectivity index (χ4n) is 7.09. The fraction of sp³-hybridized carbons (Fsp3) is 0.652. The molecule has 0 spiro atoms. The van der Waals surface area contributed by atoms with Crippen LogP contribution in [0.1, 0.15) is 64.4 Å². The number of allylic oxidation sites excluding steroid dienone is 2. The lowest BCUT2D eigenvalue weighted by Crippen LogP contribution is -2.56. The molecule has 0 aromatic carbocycles. The molecule has 5 rings (SSSR count). The molecule has 3 aliphatic carbocycles. The topological polar surface area (TPSA) is 39.2 Å². The average molecular weight is 351 g/mol. The van der Waals surface area contributed by atoms with E-state index in [-0.39, 0.29) is 22.9 Å². The summed E-state index contributed by atoms with van der Waals surface area (Å²) in [6.07, 6.45) is 14.2. The Morgan fingerprint density at radius 2 is 2.04 bits per heavy atom. The number of carbonyl (C=O) groups excluding carboxylic acids is 1. The standard InChI is InChI=1S/C23H29NO2/c1-22-11-9-19-16(5-8-20-23(19,2)12-10-21(25)26-20)18(22)7-6-17(22)15-4-3-13-24-14-15/h3-4,6,13-14,16,18-20H,5,7-12H2,1-2H3/t16-,18-,19-,20-,22+,23+/m0/s1. The quantitative estimate of drug-likeness (QED) is 0.667. The van der Waals surface area contributed by atoms with E-state index in [0.717, 1.165) is 24.7 Å². The highest BCUT2D eigenvalue weighted by Crippen LogP contribution is 2.65. The fourth-order valence-corrected chi connectivity index (χ4v) is 7.09. The summed E-state index contributed by atoms with van der Waals surface area (Å²) in [7, 11) is 0. The number of rotatable bonds is 1. The lowest BCUT2D eigenvalue weighted by atomic mass is 9.47. The summed E-state index contributed by atoms with van der Waals surface area (Å²) in [4.78, 5) is 16.2. The third-order valence-electron chi connectivity index (χ3n) is 8.48. The molecule has 0 N–H and O–H groups in total. The van der Waals surface area contributed by atoms with Gasteiger partial charge in [-0.05, 0) is 78.9 Å². The van der Waals surface area contributed by atoms with E-state index in [9.17, 15) is 4.79 Å². The number of hydrogen-bond acceptors (Lipinski definition) is 3. The summed E-state index contributed by atoms with van der Waals surface area (Å²) in [6, 6.07) is 4.28. The monoisotopic (exact) mass is 351 g/mol. The molecule has 3 heteroatoms. The maximum atomic E-state index is 11.8. The van der Waals surface area contributed by atoms with E-state index in [1.165, 1.54) is 36.8 Å². The molecule has 138 valence electrons. The first-order chi connectivity index (χ1) is 12.5. The Kier molecular flexibility index (Phi) is 3.61. The molecule has 4 aliphatic rings. The van der Waals surface area contributed by atoms with Gasteiger partial charge < -0.3 is 4.74 Å². The zero-order valence-corrected chi connectivity index (χ0v) is 15.9. The molecule has 3 fully saturated rings. The minimum atomic E-state index is 0.0213. The Hall–Kier alpha value is -1.64. The molecule has 6 atom stereocenters. The van der Waals surface area contributed by atoms with E-state index in [2.05, 4.69) is 37.0 Å². The number of hydrogen-bond donors (Lipinski definition) is 0. The van der Waals surface area contributed by atoms with Crippen molar-refractivity contribution in [2.24, 2.45) is 28.6 Å². The summed E-state index contributed by atoms with van der Waals surface area (Å²) in [5, 5.41) is 0. The maximum absolute atomic E-state index is 11.8. The van der Waals surface area contributed by atoms with E-state index >= 15 is 0 Å². The van der Waals surface area contributed by atoms with Gasteiger partial charge in [0.05, 0.1) is 0 Å². The largest absolute Gasteiger partial charge is 0.462 e. The summed E-state index contributed by atoms with van der Waals surface area (Å²) in [5.74, 6) is 2.21. The van der Waals surface area contributed by atoms with E-state index in [1.807, 2.05) is 12.4 Å². The van der Waals surface area contributed by atoms with Gasteiger partial charge in [0.2, 0.25) is 0 Å². The minimum Gasteiger partial charge on any atom is -0.462 e. The number of pyridine rings is 1. The lowest BCUT2D eigenvalue weighted by molar-refractivity contribution is -0.189. The first kappa shape index (κ1) is 16.5. The third-order valence-corrected chi connectivity index (χ3v) is 8.48. The van der Waals surface area contributed by atoms with Crippen LogP contribution in [0.4, 0.5) is 0 Å². The van der Waals surface area contributed by atoms with Crippen LogP contribution in [0.25, 0.3) is 5.57 Å². The zero-order chi connectivity index (χ0) is 17.9. The molecule has 0 bridgehead atoms. The highest BCUT2D eigenvalue weighted by molar-refractivity contribution is 5.72. The van der Waals surface area contributed by atoms with Crippen LogP contribution in [-0.4, -0.2) is 17.1 Å². The van der Waals surface area contributed by atoms with Gasteiger partial charge in [0.1, 0.15) is 6.10 Å². The molecule has 1 aromatic heterocycles. The van der Waals surface area contributed by atoms with Crippen molar-refractivity contribution in [2.45, 2.75) is 64.9 Å². The van der Waals surface area contributed by atoms with Crippen LogP contribution in [-0.2, 0) is 9.53 Å². The highest BCUT2D eigenvalue weighted by Gasteiger charge is 2.59. The van der Waals surface area contributed by atoms with Crippen molar-refractivity contribution in [1.82, 2.24) is 4.98 Å². The summed E-state index contributed by atoms with van der Waals surface area (Å²) < 4.78 is 5.81. The molecule has 1 aromatic rings. The minimum absolute atomic E-state index is 0.0213. The molecule has 0 radical (unpaired) electrons. The van der Waals surface area contributed by atoms with E-state index < -0.39 is 0 Å². The molecule has 2 saturated carbocycles. The SMILES string of the molecule is C[C@]12CCC(=O)O[C@H]1CC[C@@H]1[C@@H]2CC[C@]2(C)C(c3cccnc3)=CC[C@@H]12. The lowest BCUT2D eigenvalue weighted by Gasteiger charge is -2.59. The first-order valence-electron chi connectivity index (χ1n) is 10.3. The van der Waals surface area contributed by atoms with Crippen molar-refractivity contribution in [1.29, 1.82) is 0 Å². The van der Waals surface area contributed by atoms with Gasteiger partial charge in [0.25, 0.3) is 0 Å². The molecule has 0 amide bonds. The number of aromatic nitrogens is 1. The summed E-state index contributed by atoms with van der Waals surface area (Å²) in [6.45, 7) is 4.91. The molecule has 1 aliphatic heterocycles. The Morgan fingerprint density at radius 1 is 1.15 bits per heavy atom. The third kappa shape index (κ3) is 2.18. The summed E-state index contributed by atoms with van der Waals surface area (Å²) in [5.41, 5.74) is 3.30. The van der Waals surface area contributed by atoms with Crippen molar-refractivity contribution in [2.75, 3.05) is 0 Å². The number of nitrogens with zero attached hydrogens (tertiary/aromatic N) is 1. The van der Waals surface area contributed by atoms with Crippen LogP contribution >= 0.6 is 0 Å². The molecular formula is C23H29NO2.